The normalized spacial score (nSPS) is 21.7. The van der Waals surface area contributed by atoms with Gasteiger partial charge in [-0.3, -0.25) is 14.4 Å². The summed E-state index contributed by atoms with van der Waals surface area (Å²) in [5.74, 6) is -2.24. The zero-order valence-corrected chi connectivity index (χ0v) is 19.3. The topological polar surface area (TPSA) is 183 Å². The Balaban J connectivity index is 1.73. The highest BCUT2D eigenvalue weighted by Crippen LogP contribution is 2.20. The molecule has 3 rings (SSSR count). The van der Waals surface area contributed by atoms with Crippen molar-refractivity contribution in [1.82, 2.24) is 30.8 Å². The minimum atomic E-state index is -1.05. The van der Waals surface area contributed by atoms with Crippen LogP contribution in [-0.2, 0) is 25.6 Å². The van der Waals surface area contributed by atoms with Crippen molar-refractivity contribution >= 4 is 23.7 Å². The molecule has 34 heavy (non-hydrogen) atoms. The maximum absolute atomic E-state index is 13.3. The van der Waals surface area contributed by atoms with E-state index in [2.05, 4.69) is 25.9 Å². The fraction of sp³-hybridized carbons (Fsp3) is 0.682. The van der Waals surface area contributed by atoms with E-state index >= 15 is 0 Å². The summed E-state index contributed by atoms with van der Waals surface area (Å²) in [5.41, 5.74) is 6.25. The van der Waals surface area contributed by atoms with Crippen molar-refractivity contribution in [2.24, 2.45) is 5.73 Å². The average molecular weight is 478 g/mol. The molecule has 3 amide bonds. The molecule has 7 N–H and O–H groups in total. The number of carboxylic acids is 1. The number of rotatable bonds is 12. The summed E-state index contributed by atoms with van der Waals surface area (Å²) in [6.45, 7) is 1.53. The van der Waals surface area contributed by atoms with Crippen LogP contribution in [0.5, 0.6) is 0 Å². The molecule has 0 bridgehead atoms. The van der Waals surface area contributed by atoms with E-state index in [1.807, 2.05) is 0 Å². The van der Waals surface area contributed by atoms with Crippen molar-refractivity contribution in [3.8, 4) is 0 Å². The molecule has 2 fully saturated rings. The molecule has 0 saturated carbocycles. The number of aliphatic carboxylic acids is 1. The molecule has 0 aromatic carbocycles. The molecule has 3 heterocycles. The number of hydrogen-bond donors (Lipinski definition) is 6. The van der Waals surface area contributed by atoms with Gasteiger partial charge in [-0.25, -0.2) is 9.78 Å². The highest BCUT2D eigenvalue weighted by atomic mass is 16.4. The predicted molar refractivity (Wildman–Crippen MR) is 122 cm³/mol. The van der Waals surface area contributed by atoms with E-state index in [1.165, 1.54) is 11.2 Å². The number of nitrogens with one attached hydrogen (secondary N) is 4. The number of amides is 3. The molecule has 188 valence electrons. The monoisotopic (exact) mass is 477 g/mol. The van der Waals surface area contributed by atoms with Crippen molar-refractivity contribution in [2.45, 2.75) is 75.5 Å². The van der Waals surface area contributed by atoms with Gasteiger partial charge in [0.25, 0.3) is 0 Å². The summed E-state index contributed by atoms with van der Waals surface area (Å²) in [4.78, 5) is 59.1. The van der Waals surface area contributed by atoms with Crippen molar-refractivity contribution in [3.05, 3.63) is 18.2 Å². The number of carbonyl (C=O) groups excluding carboxylic acids is 3. The predicted octanol–water partition coefficient (Wildman–Crippen LogP) is -1.12. The third kappa shape index (κ3) is 6.76. The van der Waals surface area contributed by atoms with Crippen LogP contribution < -0.4 is 21.7 Å². The molecule has 0 aliphatic carbocycles. The summed E-state index contributed by atoms with van der Waals surface area (Å²) < 4.78 is 0. The van der Waals surface area contributed by atoms with E-state index in [0.717, 1.165) is 13.0 Å². The second-order valence-corrected chi connectivity index (χ2v) is 8.86. The van der Waals surface area contributed by atoms with E-state index in [1.54, 1.807) is 6.20 Å². The molecular formula is C22H35N7O5. The highest BCUT2D eigenvalue weighted by molar-refractivity contribution is 5.94. The first kappa shape index (κ1) is 25.6. The van der Waals surface area contributed by atoms with Crippen LogP contribution in [0.2, 0.25) is 0 Å². The number of unbranched alkanes of at least 4 members (excludes halogenated alkanes) is 1. The first-order valence-corrected chi connectivity index (χ1v) is 12.0. The van der Waals surface area contributed by atoms with Crippen LogP contribution in [0.15, 0.2) is 12.5 Å². The van der Waals surface area contributed by atoms with Gasteiger partial charge < -0.3 is 36.7 Å². The number of aromatic amines is 1. The molecular weight excluding hydrogens is 442 g/mol. The Bertz CT molecular complexity index is 841. The molecule has 0 spiro atoms. The summed E-state index contributed by atoms with van der Waals surface area (Å²) in [6, 6.07) is -3.07. The standard InChI is InChI=1S/C22H35N7O5/c23-8-2-1-5-16(21(32)29-10-4-7-18(29)22(33)34)27-20(31)17(11-14-12-24-13-26-14)28-19(30)15-6-3-9-25-15/h12-13,15-18,25H,1-11,23H2,(H,24,26)(H,27,31)(H,28,30)(H,33,34). The van der Waals surface area contributed by atoms with E-state index in [9.17, 15) is 24.3 Å². The Labute approximate surface area is 198 Å². The maximum atomic E-state index is 13.3. The molecule has 1 aromatic heterocycles. The van der Waals surface area contributed by atoms with Crippen LogP contribution in [0.25, 0.3) is 0 Å². The summed E-state index contributed by atoms with van der Waals surface area (Å²) in [5, 5.41) is 18.2. The molecule has 2 aliphatic rings. The first-order chi connectivity index (χ1) is 16.4. The van der Waals surface area contributed by atoms with Crippen molar-refractivity contribution in [1.29, 1.82) is 0 Å². The van der Waals surface area contributed by atoms with Crippen LogP contribution in [-0.4, -0.2) is 87.5 Å². The Morgan fingerprint density at radius 2 is 2.00 bits per heavy atom. The van der Waals surface area contributed by atoms with Gasteiger partial charge in [0.1, 0.15) is 18.1 Å². The number of carboxylic acid groups (broad SMARTS) is 1. The quantitative estimate of drug-likeness (QED) is 0.205. The van der Waals surface area contributed by atoms with Gasteiger partial charge in [-0.2, -0.15) is 0 Å². The van der Waals surface area contributed by atoms with Crippen LogP contribution in [0, 0.1) is 0 Å². The second kappa shape index (κ2) is 12.5. The third-order valence-electron chi connectivity index (χ3n) is 6.37. The van der Waals surface area contributed by atoms with E-state index in [0.29, 0.717) is 57.3 Å². The molecule has 0 radical (unpaired) electrons. The number of carbonyl (C=O) groups is 4. The zero-order valence-electron chi connectivity index (χ0n) is 19.3. The number of nitrogens with two attached hydrogens (primary N) is 1. The van der Waals surface area contributed by atoms with Gasteiger partial charge in [-0.1, -0.05) is 0 Å². The first-order valence-electron chi connectivity index (χ1n) is 12.0. The highest BCUT2D eigenvalue weighted by Gasteiger charge is 2.38. The number of hydrogen-bond acceptors (Lipinski definition) is 7. The smallest absolute Gasteiger partial charge is 0.326 e. The SMILES string of the molecule is NCCCCC(NC(=O)C(Cc1cnc[nH]1)NC(=O)C1CCCN1)C(=O)N1CCCC1C(=O)O. The number of nitrogens with zero attached hydrogens (tertiary/aromatic N) is 2. The Morgan fingerprint density at radius 3 is 2.65 bits per heavy atom. The van der Waals surface area contributed by atoms with Crippen LogP contribution in [0.3, 0.4) is 0 Å². The van der Waals surface area contributed by atoms with Gasteiger partial charge >= 0.3 is 5.97 Å². The lowest BCUT2D eigenvalue weighted by atomic mass is 10.0. The van der Waals surface area contributed by atoms with E-state index in [-0.39, 0.29) is 18.4 Å². The van der Waals surface area contributed by atoms with Gasteiger partial charge in [0, 0.05) is 24.9 Å². The number of H-pyrrole nitrogens is 1. The Morgan fingerprint density at radius 1 is 1.18 bits per heavy atom. The molecule has 2 aliphatic heterocycles. The molecule has 1 aromatic rings. The van der Waals surface area contributed by atoms with Crippen molar-refractivity contribution < 1.29 is 24.3 Å². The van der Waals surface area contributed by atoms with Crippen molar-refractivity contribution in [2.75, 3.05) is 19.6 Å². The van der Waals surface area contributed by atoms with Gasteiger partial charge in [0.15, 0.2) is 0 Å². The van der Waals surface area contributed by atoms with Crippen molar-refractivity contribution in [3.63, 3.8) is 0 Å². The van der Waals surface area contributed by atoms with E-state index < -0.39 is 35.9 Å². The number of imidazole rings is 1. The average Bonchev–Trinajstić information content (AvgIpc) is 3.59. The lowest BCUT2D eigenvalue weighted by Gasteiger charge is -2.29. The Kier molecular flexibility index (Phi) is 9.40. The van der Waals surface area contributed by atoms with E-state index in [4.69, 9.17) is 5.73 Å². The lowest BCUT2D eigenvalue weighted by molar-refractivity contribution is -0.149. The third-order valence-corrected chi connectivity index (χ3v) is 6.37. The maximum Gasteiger partial charge on any atom is 0.326 e. The lowest BCUT2D eigenvalue weighted by Crippen LogP contribution is -2.57. The minimum Gasteiger partial charge on any atom is -0.480 e. The summed E-state index contributed by atoms with van der Waals surface area (Å²) in [7, 11) is 0. The summed E-state index contributed by atoms with van der Waals surface area (Å²) in [6.07, 6.45) is 7.40. The molecule has 12 nitrogen and oxygen atoms in total. The fourth-order valence-electron chi connectivity index (χ4n) is 4.52. The zero-order chi connectivity index (χ0) is 24.5. The van der Waals surface area contributed by atoms with Gasteiger partial charge in [-0.15, -0.1) is 0 Å². The minimum absolute atomic E-state index is 0.176. The fourth-order valence-corrected chi connectivity index (χ4v) is 4.52. The van der Waals surface area contributed by atoms with Crippen LogP contribution in [0.1, 0.15) is 50.6 Å². The number of likely N-dealkylation sites (tertiary alicyclic amines) is 1. The molecule has 2 saturated heterocycles. The summed E-state index contributed by atoms with van der Waals surface area (Å²) >= 11 is 0. The van der Waals surface area contributed by atoms with Gasteiger partial charge in [0.05, 0.1) is 12.4 Å². The molecule has 12 heteroatoms. The second-order valence-electron chi connectivity index (χ2n) is 8.86. The molecule has 4 unspecified atom stereocenters. The van der Waals surface area contributed by atoms with Gasteiger partial charge in [0.2, 0.25) is 17.7 Å². The largest absolute Gasteiger partial charge is 0.480 e. The van der Waals surface area contributed by atoms with Crippen LogP contribution >= 0.6 is 0 Å². The van der Waals surface area contributed by atoms with Gasteiger partial charge in [-0.05, 0) is 58.0 Å². The number of aromatic nitrogens is 2. The molecule has 4 atom stereocenters. The van der Waals surface area contributed by atoms with Crippen LogP contribution in [0.4, 0.5) is 0 Å². The Hall–Kier alpha value is -2.99.